The average Bonchev–Trinajstić information content (AvgIpc) is 2.80. The Kier molecular flexibility index (Phi) is 9.22. The highest BCUT2D eigenvalue weighted by Crippen LogP contribution is 2.22. The molecule has 1 N–H and O–H groups in total. The van der Waals surface area contributed by atoms with Crippen LogP contribution in [0.5, 0.6) is 11.5 Å². The first-order chi connectivity index (χ1) is 16.0. The topological polar surface area (TPSA) is 95.2 Å². The number of hydrazone groups is 1. The molecule has 0 aliphatic rings. The molecule has 0 fully saturated rings. The third-order valence-electron chi connectivity index (χ3n) is 4.42. The van der Waals surface area contributed by atoms with Gasteiger partial charge in [-0.05, 0) is 55.0 Å². The summed E-state index contributed by atoms with van der Waals surface area (Å²) in [5.41, 5.74) is 5.43. The Morgan fingerprint density at radius 2 is 1.76 bits per heavy atom. The maximum Gasteiger partial charge on any atom is 0.269 e. The van der Waals surface area contributed by atoms with E-state index in [0.717, 1.165) is 21.3 Å². The molecule has 0 bridgehead atoms. The molecule has 0 heterocycles. The highest BCUT2D eigenvalue weighted by molar-refractivity contribution is 9.10. The van der Waals surface area contributed by atoms with Gasteiger partial charge in [-0.1, -0.05) is 28.1 Å². The largest absolute Gasteiger partial charge is 0.491 e. The Balaban J connectivity index is 1.43. The number of hydrogen-bond donors (Lipinski definition) is 1. The number of rotatable bonds is 12. The van der Waals surface area contributed by atoms with Crippen molar-refractivity contribution in [3.63, 3.8) is 0 Å². The van der Waals surface area contributed by atoms with E-state index in [9.17, 15) is 10.1 Å². The number of nitro benzene ring substituents is 1. The molecular weight excluding hydrogens is 490 g/mol. The Hall–Kier alpha value is -3.43. The minimum Gasteiger partial charge on any atom is -0.491 e. The number of nitrogens with zero attached hydrogens (tertiary/aromatic N) is 2. The number of ether oxygens (including phenoxy) is 3. The summed E-state index contributed by atoms with van der Waals surface area (Å²) in [5, 5.41) is 14.9. The molecule has 0 saturated heterocycles. The van der Waals surface area contributed by atoms with Gasteiger partial charge in [-0.15, -0.1) is 0 Å². The van der Waals surface area contributed by atoms with Gasteiger partial charge in [-0.2, -0.15) is 5.10 Å². The fourth-order valence-electron chi connectivity index (χ4n) is 2.82. The molecule has 0 spiro atoms. The summed E-state index contributed by atoms with van der Waals surface area (Å²) in [6.45, 7) is 3.75. The zero-order valence-corrected chi connectivity index (χ0v) is 19.7. The van der Waals surface area contributed by atoms with Crippen LogP contribution >= 0.6 is 15.9 Å². The minimum atomic E-state index is -0.445. The normalized spacial score (nSPS) is 10.8. The quantitative estimate of drug-likeness (QED) is 0.147. The van der Waals surface area contributed by atoms with Crippen molar-refractivity contribution in [1.82, 2.24) is 0 Å². The highest BCUT2D eigenvalue weighted by Gasteiger charge is 2.05. The van der Waals surface area contributed by atoms with Crippen LogP contribution in [0.25, 0.3) is 0 Å². The monoisotopic (exact) mass is 513 g/mol. The van der Waals surface area contributed by atoms with Crippen LogP contribution in [-0.2, 0) is 4.74 Å². The fourth-order valence-corrected chi connectivity index (χ4v) is 3.20. The number of nitrogens with one attached hydrogen (secondary N) is 1. The molecule has 0 radical (unpaired) electrons. The van der Waals surface area contributed by atoms with Gasteiger partial charge in [0.2, 0.25) is 0 Å². The lowest BCUT2D eigenvalue weighted by Gasteiger charge is -2.11. The third kappa shape index (κ3) is 8.21. The van der Waals surface area contributed by atoms with E-state index in [2.05, 4.69) is 26.5 Å². The smallest absolute Gasteiger partial charge is 0.269 e. The van der Waals surface area contributed by atoms with E-state index < -0.39 is 4.92 Å². The molecule has 0 aliphatic carbocycles. The van der Waals surface area contributed by atoms with Crippen LogP contribution in [0, 0.1) is 17.0 Å². The minimum absolute atomic E-state index is 0.0242. The van der Waals surface area contributed by atoms with Crippen LogP contribution in [-0.4, -0.2) is 37.6 Å². The average molecular weight is 514 g/mol. The number of nitro groups is 1. The first-order valence-corrected chi connectivity index (χ1v) is 11.0. The van der Waals surface area contributed by atoms with Crippen LogP contribution in [0.15, 0.2) is 76.3 Å². The number of aryl methyl sites for hydroxylation is 1. The van der Waals surface area contributed by atoms with E-state index in [0.29, 0.717) is 37.9 Å². The number of hydrogen-bond acceptors (Lipinski definition) is 7. The SMILES string of the molecule is Cc1cccc(OCCOCCOc2ccc(Br)cc2C=NNc2ccc([N+](=O)[O-])cc2)c1. The molecule has 0 aliphatic heterocycles. The lowest BCUT2D eigenvalue weighted by molar-refractivity contribution is -0.384. The maximum atomic E-state index is 10.7. The van der Waals surface area contributed by atoms with Gasteiger partial charge >= 0.3 is 0 Å². The summed E-state index contributed by atoms with van der Waals surface area (Å²) in [6, 6.07) is 19.5. The van der Waals surface area contributed by atoms with Crippen molar-refractivity contribution in [2.75, 3.05) is 31.9 Å². The van der Waals surface area contributed by atoms with Gasteiger partial charge in [0.05, 0.1) is 30.0 Å². The third-order valence-corrected chi connectivity index (χ3v) is 4.91. The standard InChI is InChI=1S/C24H24BrN3O5/c1-18-3-2-4-23(15-18)32-13-11-31-12-14-33-24-10-5-20(25)16-19(24)17-26-27-21-6-8-22(9-7-21)28(29)30/h2-10,15-17,27H,11-14H2,1H3. The maximum absolute atomic E-state index is 10.7. The molecule has 3 rings (SSSR count). The zero-order chi connectivity index (χ0) is 23.5. The first kappa shape index (κ1) is 24.2. The number of benzene rings is 3. The molecule has 33 heavy (non-hydrogen) atoms. The van der Waals surface area contributed by atoms with Gasteiger partial charge in [-0.3, -0.25) is 15.5 Å². The van der Waals surface area contributed by atoms with Crippen molar-refractivity contribution >= 4 is 33.5 Å². The summed E-state index contributed by atoms with van der Waals surface area (Å²) in [4.78, 5) is 10.3. The van der Waals surface area contributed by atoms with Gasteiger partial charge in [0.15, 0.2) is 0 Å². The van der Waals surface area contributed by atoms with Gasteiger partial charge < -0.3 is 14.2 Å². The first-order valence-electron chi connectivity index (χ1n) is 10.2. The fraction of sp³-hybridized carbons (Fsp3) is 0.208. The summed E-state index contributed by atoms with van der Waals surface area (Å²) in [5.74, 6) is 1.49. The van der Waals surface area contributed by atoms with E-state index >= 15 is 0 Å². The molecule has 0 atom stereocenters. The Morgan fingerprint density at radius 1 is 1.00 bits per heavy atom. The van der Waals surface area contributed by atoms with Crippen molar-refractivity contribution in [2.24, 2.45) is 5.10 Å². The van der Waals surface area contributed by atoms with Crippen LogP contribution in [0.2, 0.25) is 0 Å². The molecule has 9 heteroatoms. The van der Waals surface area contributed by atoms with Crippen LogP contribution in [0.4, 0.5) is 11.4 Å². The van der Waals surface area contributed by atoms with E-state index in [1.807, 2.05) is 49.4 Å². The molecule has 0 saturated carbocycles. The van der Waals surface area contributed by atoms with E-state index in [1.54, 1.807) is 18.3 Å². The molecule has 0 aromatic heterocycles. The highest BCUT2D eigenvalue weighted by atomic mass is 79.9. The number of halogens is 1. The Labute approximate surface area is 200 Å². The molecule has 0 unspecified atom stereocenters. The van der Waals surface area contributed by atoms with E-state index in [-0.39, 0.29) is 5.69 Å². The molecule has 3 aromatic carbocycles. The van der Waals surface area contributed by atoms with Crippen molar-refractivity contribution in [2.45, 2.75) is 6.92 Å². The van der Waals surface area contributed by atoms with Crippen LogP contribution < -0.4 is 14.9 Å². The second-order valence-electron chi connectivity index (χ2n) is 6.98. The van der Waals surface area contributed by atoms with Gasteiger partial charge in [-0.25, -0.2) is 0 Å². The predicted octanol–water partition coefficient (Wildman–Crippen LogP) is 5.59. The molecule has 3 aromatic rings. The summed E-state index contributed by atoms with van der Waals surface area (Å²) >= 11 is 3.45. The lowest BCUT2D eigenvalue weighted by Crippen LogP contribution is -2.12. The van der Waals surface area contributed by atoms with Crippen LogP contribution in [0.3, 0.4) is 0 Å². The number of anilines is 1. The number of non-ortho nitro benzene ring substituents is 1. The molecule has 8 nitrogen and oxygen atoms in total. The molecule has 172 valence electrons. The Bertz CT molecular complexity index is 1090. The summed E-state index contributed by atoms with van der Waals surface area (Å²) in [7, 11) is 0. The van der Waals surface area contributed by atoms with Gasteiger partial charge in [0, 0.05) is 22.2 Å². The second kappa shape index (κ2) is 12.6. The van der Waals surface area contributed by atoms with E-state index in [4.69, 9.17) is 14.2 Å². The summed E-state index contributed by atoms with van der Waals surface area (Å²) in [6.07, 6.45) is 1.62. The molecular formula is C24H24BrN3O5. The van der Waals surface area contributed by atoms with E-state index in [1.165, 1.54) is 12.1 Å². The van der Waals surface area contributed by atoms with Crippen LogP contribution in [0.1, 0.15) is 11.1 Å². The zero-order valence-electron chi connectivity index (χ0n) is 18.1. The Morgan fingerprint density at radius 3 is 2.48 bits per heavy atom. The van der Waals surface area contributed by atoms with Gasteiger partial charge in [0.25, 0.3) is 5.69 Å². The summed E-state index contributed by atoms with van der Waals surface area (Å²) < 4.78 is 18.0. The van der Waals surface area contributed by atoms with Crippen molar-refractivity contribution < 1.29 is 19.1 Å². The molecule has 0 amide bonds. The van der Waals surface area contributed by atoms with Gasteiger partial charge in [0.1, 0.15) is 24.7 Å². The van der Waals surface area contributed by atoms with Crippen molar-refractivity contribution in [3.8, 4) is 11.5 Å². The van der Waals surface area contributed by atoms with Crippen molar-refractivity contribution in [3.05, 3.63) is 92.4 Å². The lowest BCUT2D eigenvalue weighted by atomic mass is 10.2. The second-order valence-corrected chi connectivity index (χ2v) is 7.90. The van der Waals surface area contributed by atoms with Crippen molar-refractivity contribution in [1.29, 1.82) is 0 Å². The predicted molar refractivity (Wildman–Crippen MR) is 131 cm³/mol.